The molecule has 4 rings (SSSR count). The van der Waals surface area contributed by atoms with E-state index in [1.165, 1.54) is 30.8 Å². The predicted molar refractivity (Wildman–Crippen MR) is 122 cm³/mol. The zero-order valence-corrected chi connectivity index (χ0v) is 19.7. The maximum atomic E-state index is 12.6. The van der Waals surface area contributed by atoms with Gasteiger partial charge in [0.2, 0.25) is 5.91 Å². The molecule has 0 aliphatic rings. The molecule has 0 saturated heterocycles. The minimum Gasteiger partial charge on any atom is -0.404 e. The van der Waals surface area contributed by atoms with Crippen LogP contribution in [0.15, 0.2) is 33.2 Å². The van der Waals surface area contributed by atoms with Gasteiger partial charge in [-0.3, -0.25) is 18.7 Å². The second kappa shape index (κ2) is 8.85. The Kier molecular flexibility index (Phi) is 6.22. The number of hydrogen-bond acceptors (Lipinski definition) is 8. The van der Waals surface area contributed by atoms with Crippen molar-refractivity contribution in [3.8, 4) is 17.0 Å². The van der Waals surface area contributed by atoms with Crippen LogP contribution in [0, 0.1) is 0 Å². The van der Waals surface area contributed by atoms with Crippen molar-refractivity contribution in [2.45, 2.75) is 12.8 Å². The number of benzene rings is 1. The van der Waals surface area contributed by atoms with Crippen molar-refractivity contribution in [2.24, 2.45) is 14.1 Å². The summed E-state index contributed by atoms with van der Waals surface area (Å²) in [6.45, 7) is 0. The quantitative estimate of drug-likeness (QED) is 0.422. The summed E-state index contributed by atoms with van der Waals surface area (Å²) in [6.07, 6.45) is -5.15. The molecule has 0 spiro atoms. The monoisotopic (exact) mass is 531 g/mol. The number of carbonyl (C=O) groups excluding carboxylic acids is 1. The van der Waals surface area contributed by atoms with Gasteiger partial charge in [0.25, 0.3) is 5.56 Å². The van der Waals surface area contributed by atoms with Crippen LogP contribution >= 0.6 is 34.5 Å². The number of fused-ring (bicyclic) bond motifs is 1. The molecule has 0 fully saturated rings. The number of alkyl halides is 3. The Morgan fingerprint density at radius 2 is 1.97 bits per heavy atom. The van der Waals surface area contributed by atoms with Crippen LogP contribution in [-0.4, -0.2) is 30.8 Å². The van der Waals surface area contributed by atoms with Crippen LogP contribution in [0.5, 0.6) is 5.75 Å². The number of carbonyl (C=O) groups is 1. The van der Waals surface area contributed by atoms with Crippen LogP contribution in [0.2, 0.25) is 5.02 Å². The number of hydrogen-bond donors (Lipinski definition) is 1. The van der Waals surface area contributed by atoms with Gasteiger partial charge in [-0.05, 0) is 23.7 Å². The fourth-order valence-corrected chi connectivity index (χ4v) is 4.83. The van der Waals surface area contributed by atoms with Gasteiger partial charge in [0.1, 0.15) is 10.6 Å². The summed E-state index contributed by atoms with van der Waals surface area (Å²) in [5, 5.41) is 4.27. The standard InChI is InChI=1S/C19H13ClF3N5O4S2/c1-27-15(30)14-10(26-34-16(14)28(2)18(27)31)6-13(29)25-17-24-11(7-33-17)8-3-4-9(20)12(5-8)32-19(21,22)23/h3-5,7H,6H2,1-2H3,(H,24,25,29). The van der Waals surface area contributed by atoms with Crippen LogP contribution in [0.4, 0.5) is 18.3 Å². The van der Waals surface area contributed by atoms with E-state index < -0.39 is 29.3 Å². The molecule has 1 aromatic carbocycles. The van der Waals surface area contributed by atoms with Crippen molar-refractivity contribution in [1.29, 1.82) is 0 Å². The molecule has 15 heteroatoms. The lowest BCUT2D eigenvalue weighted by molar-refractivity contribution is -0.274. The van der Waals surface area contributed by atoms with E-state index in [-0.39, 0.29) is 27.7 Å². The highest BCUT2D eigenvalue weighted by Gasteiger charge is 2.32. The normalized spacial score (nSPS) is 11.7. The first-order chi connectivity index (χ1) is 15.9. The number of rotatable bonds is 5. The molecule has 1 N–H and O–H groups in total. The second-order valence-corrected chi connectivity index (χ2v) is 8.99. The van der Waals surface area contributed by atoms with E-state index in [9.17, 15) is 27.6 Å². The Labute approximate surface area is 201 Å². The first-order valence-electron chi connectivity index (χ1n) is 9.30. The third kappa shape index (κ3) is 4.69. The Morgan fingerprint density at radius 1 is 1.24 bits per heavy atom. The molecule has 0 radical (unpaired) electrons. The maximum absolute atomic E-state index is 12.6. The third-order valence-electron chi connectivity index (χ3n) is 4.67. The van der Waals surface area contributed by atoms with E-state index in [1.807, 2.05) is 0 Å². The summed E-state index contributed by atoms with van der Waals surface area (Å²) in [4.78, 5) is 41.7. The molecular formula is C19H13ClF3N5O4S2. The number of nitrogens with zero attached hydrogens (tertiary/aromatic N) is 4. The topological polar surface area (TPSA) is 108 Å². The van der Waals surface area contributed by atoms with Crippen LogP contribution < -0.4 is 21.3 Å². The predicted octanol–water partition coefficient (Wildman–Crippen LogP) is 3.55. The van der Waals surface area contributed by atoms with Gasteiger partial charge >= 0.3 is 12.1 Å². The number of halogens is 4. The van der Waals surface area contributed by atoms with Gasteiger partial charge in [-0.25, -0.2) is 9.78 Å². The molecule has 9 nitrogen and oxygen atoms in total. The van der Waals surface area contributed by atoms with E-state index in [0.29, 0.717) is 16.1 Å². The Hall–Kier alpha value is -3.23. The lowest BCUT2D eigenvalue weighted by atomic mass is 10.1. The largest absolute Gasteiger partial charge is 0.573 e. The molecule has 1 amide bonds. The third-order valence-corrected chi connectivity index (χ3v) is 6.71. The van der Waals surface area contributed by atoms with Crippen molar-refractivity contribution in [2.75, 3.05) is 5.32 Å². The summed E-state index contributed by atoms with van der Waals surface area (Å²) < 4.78 is 48.0. The van der Waals surface area contributed by atoms with E-state index in [0.717, 1.165) is 33.5 Å². The Bertz CT molecular complexity index is 1540. The Balaban J connectivity index is 1.54. The maximum Gasteiger partial charge on any atom is 0.573 e. The van der Waals surface area contributed by atoms with E-state index in [2.05, 4.69) is 19.4 Å². The SMILES string of the molecule is Cn1c(=O)c2c(CC(=O)Nc3nc(-c4ccc(Cl)c(OC(F)(F)F)c4)cs3)nsc2n(C)c1=O. The summed E-state index contributed by atoms with van der Waals surface area (Å²) in [7, 11) is 2.84. The van der Waals surface area contributed by atoms with Crippen LogP contribution in [0.3, 0.4) is 0 Å². The summed E-state index contributed by atoms with van der Waals surface area (Å²) in [5.74, 6) is -1.09. The fourth-order valence-electron chi connectivity index (χ4n) is 3.09. The number of ether oxygens (including phenoxy) is 1. The summed E-state index contributed by atoms with van der Waals surface area (Å²) >= 11 is 7.76. The molecule has 0 saturated carbocycles. The van der Waals surface area contributed by atoms with Gasteiger partial charge in [0.15, 0.2) is 5.13 Å². The molecule has 3 heterocycles. The zero-order chi connectivity index (χ0) is 24.8. The van der Waals surface area contributed by atoms with Crippen LogP contribution in [0.25, 0.3) is 21.5 Å². The molecule has 34 heavy (non-hydrogen) atoms. The van der Waals surface area contributed by atoms with Crippen LogP contribution in [0.1, 0.15) is 5.69 Å². The van der Waals surface area contributed by atoms with Gasteiger partial charge in [-0.2, -0.15) is 4.37 Å². The minimum absolute atomic E-state index is 0.183. The van der Waals surface area contributed by atoms with E-state index >= 15 is 0 Å². The van der Waals surface area contributed by atoms with Gasteiger partial charge in [0, 0.05) is 25.0 Å². The lowest BCUT2D eigenvalue weighted by Crippen LogP contribution is -2.36. The molecule has 0 atom stereocenters. The highest BCUT2D eigenvalue weighted by Crippen LogP contribution is 2.35. The number of thiazole rings is 1. The molecule has 0 unspecified atom stereocenters. The summed E-state index contributed by atoms with van der Waals surface area (Å²) in [5.41, 5.74) is -0.233. The van der Waals surface area contributed by atoms with Gasteiger partial charge in [-0.15, -0.1) is 24.5 Å². The molecular weight excluding hydrogens is 519 g/mol. The molecule has 0 aliphatic heterocycles. The van der Waals surface area contributed by atoms with Gasteiger partial charge < -0.3 is 10.1 Å². The van der Waals surface area contributed by atoms with Crippen molar-refractivity contribution in [3.05, 3.63) is 55.1 Å². The first kappa shape index (κ1) is 23.9. The molecule has 3 aromatic heterocycles. The number of nitrogens with one attached hydrogen (secondary N) is 1. The van der Waals surface area contributed by atoms with E-state index in [1.54, 1.807) is 5.38 Å². The fraction of sp³-hybridized carbons (Fsp3) is 0.211. The second-order valence-electron chi connectivity index (χ2n) is 6.97. The van der Waals surface area contributed by atoms with Crippen molar-refractivity contribution >= 4 is 55.7 Å². The number of aryl methyl sites for hydroxylation is 1. The highest BCUT2D eigenvalue weighted by atomic mass is 35.5. The average molecular weight is 532 g/mol. The van der Waals surface area contributed by atoms with Gasteiger partial charge in [0.05, 0.1) is 28.2 Å². The van der Waals surface area contributed by atoms with E-state index in [4.69, 9.17) is 11.6 Å². The zero-order valence-electron chi connectivity index (χ0n) is 17.3. The molecule has 0 aliphatic carbocycles. The summed E-state index contributed by atoms with van der Waals surface area (Å²) in [6, 6.07) is 3.81. The number of anilines is 1. The van der Waals surface area contributed by atoms with Crippen molar-refractivity contribution in [1.82, 2.24) is 18.5 Å². The number of amides is 1. The molecule has 178 valence electrons. The van der Waals surface area contributed by atoms with Crippen LogP contribution in [-0.2, 0) is 25.3 Å². The average Bonchev–Trinajstić information content (AvgIpc) is 3.38. The van der Waals surface area contributed by atoms with Crippen molar-refractivity contribution < 1.29 is 22.7 Å². The minimum atomic E-state index is -4.91. The lowest BCUT2D eigenvalue weighted by Gasteiger charge is -2.11. The first-order valence-corrected chi connectivity index (χ1v) is 11.3. The highest BCUT2D eigenvalue weighted by molar-refractivity contribution is 7.14. The van der Waals surface area contributed by atoms with Gasteiger partial charge in [-0.1, -0.05) is 17.7 Å². The number of aromatic nitrogens is 4. The Morgan fingerprint density at radius 3 is 2.68 bits per heavy atom. The molecule has 4 aromatic rings. The van der Waals surface area contributed by atoms with Crippen molar-refractivity contribution in [3.63, 3.8) is 0 Å². The smallest absolute Gasteiger partial charge is 0.404 e. The molecule has 0 bridgehead atoms.